The molecule has 0 bridgehead atoms. The van der Waals surface area contributed by atoms with Gasteiger partial charge in [0.15, 0.2) is 5.88 Å². The van der Waals surface area contributed by atoms with Crippen LogP contribution in [-0.2, 0) is 26.6 Å². The molecule has 3 aromatic rings. The Labute approximate surface area is 196 Å². The van der Waals surface area contributed by atoms with Crippen molar-refractivity contribution in [3.8, 4) is 5.75 Å². The summed E-state index contributed by atoms with van der Waals surface area (Å²) >= 11 is 6.06. The van der Waals surface area contributed by atoms with E-state index in [9.17, 15) is 14.7 Å². The molecule has 172 valence electrons. The van der Waals surface area contributed by atoms with Crippen LogP contribution in [0.15, 0.2) is 70.1 Å². The van der Waals surface area contributed by atoms with Gasteiger partial charge in [-0.2, -0.15) is 0 Å². The molecular weight excluding hydrogens is 442 g/mol. The second kappa shape index (κ2) is 9.68. The van der Waals surface area contributed by atoms with Crippen LogP contribution in [0.2, 0.25) is 5.02 Å². The van der Waals surface area contributed by atoms with Crippen LogP contribution in [0.5, 0.6) is 5.75 Å². The van der Waals surface area contributed by atoms with Crippen molar-refractivity contribution in [2.75, 3.05) is 11.5 Å². The van der Waals surface area contributed by atoms with Crippen molar-refractivity contribution >= 4 is 17.3 Å². The van der Waals surface area contributed by atoms with E-state index in [4.69, 9.17) is 16.3 Å². The molecule has 0 radical (unpaired) electrons. The van der Waals surface area contributed by atoms with Crippen molar-refractivity contribution in [3.05, 3.63) is 103 Å². The second-order valence-corrected chi connectivity index (χ2v) is 8.48. The summed E-state index contributed by atoms with van der Waals surface area (Å²) in [4.78, 5) is 28.2. The predicted octanol–water partition coefficient (Wildman–Crippen LogP) is 3.37. The van der Waals surface area contributed by atoms with E-state index in [-0.39, 0.29) is 13.2 Å². The lowest BCUT2D eigenvalue weighted by Crippen LogP contribution is -2.46. The maximum absolute atomic E-state index is 13.5. The molecule has 1 aliphatic rings. The van der Waals surface area contributed by atoms with Crippen LogP contribution in [0.1, 0.15) is 23.2 Å². The van der Waals surface area contributed by atoms with E-state index in [0.29, 0.717) is 47.4 Å². The highest BCUT2D eigenvalue weighted by Crippen LogP contribution is 2.30. The molecule has 0 atom stereocenters. The number of nitrogens with zero attached hydrogens (tertiary/aromatic N) is 3. The van der Waals surface area contributed by atoms with Gasteiger partial charge in [-0.05, 0) is 54.8 Å². The summed E-state index contributed by atoms with van der Waals surface area (Å²) in [7, 11) is 1.66. The van der Waals surface area contributed by atoms with Crippen LogP contribution in [0, 0.1) is 6.92 Å². The number of allylic oxidation sites excluding steroid dienone is 1. The molecule has 1 aromatic heterocycles. The van der Waals surface area contributed by atoms with Gasteiger partial charge in [-0.15, -0.1) is 0 Å². The molecular formula is C25H26ClN3O4. The normalized spacial score (nSPS) is 13.0. The zero-order valence-corrected chi connectivity index (χ0v) is 19.4. The molecule has 1 N–H and O–H groups in total. The molecule has 4 rings (SSSR count). The summed E-state index contributed by atoms with van der Waals surface area (Å²) in [6.07, 6.45) is 2.58. The lowest BCUT2D eigenvalue weighted by Gasteiger charge is -2.32. The Morgan fingerprint density at radius 2 is 1.88 bits per heavy atom. The smallest absolute Gasteiger partial charge is 0.331 e. The second-order valence-electron chi connectivity index (χ2n) is 8.05. The van der Waals surface area contributed by atoms with E-state index in [1.165, 1.54) is 9.13 Å². The highest BCUT2D eigenvalue weighted by Gasteiger charge is 2.29. The van der Waals surface area contributed by atoms with Gasteiger partial charge in [0.1, 0.15) is 11.4 Å². The summed E-state index contributed by atoms with van der Waals surface area (Å²) in [5, 5.41) is 9.86. The molecule has 2 heterocycles. The molecule has 0 saturated heterocycles. The molecule has 0 unspecified atom stereocenters. The Balaban J connectivity index is 1.83. The van der Waals surface area contributed by atoms with E-state index in [1.54, 1.807) is 19.2 Å². The molecule has 1 aliphatic heterocycles. The van der Waals surface area contributed by atoms with Crippen molar-refractivity contribution in [1.82, 2.24) is 9.13 Å². The predicted molar refractivity (Wildman–Crippen MR) is 129 cm³/mol. The fourth-order valence-electron chi connectivity index (χ4n) is 3.95. The zero-order chi connectivity index (χ0) is 23.5. The number of benzene rings is 2. The van der Waals surface area contributed by atoms with Gasteiger partial charge in [-0.1, -0.05) is 35.9 Å². The van der Waals surface area contributed by atoms with E-state index >= 15 is 0 Å². The van der Waals surface area contributed by atoms with Crippen LogP contribution < -0.4 is 20.9 Å². The fourth-order valence-corrected chi connectivity index (χ4v) is 4.08. The molecule has 0 amide bonds. The number of halogens is 1. The summed E-state index contributed by atoms with van der Waals surface area (Å²) in [5.41, 5.74) is 2.22. The third kappa shape index (κ3) is 4.74. The van der Waals surface area contributed by atoms with Gasteiger partial charge in [0, 0.05) is 31.6 Å². The quantitative estimate of drug-likeness (QED) is 0.576. The van der Waals surface area contributed by atoms with Gasteiger partial charge in [-0.25, -0.2) is 4.79 Å². The monoisotopic (exact) mass is 467 g/mol. The molecule has 8 heteroatoms. The highest BCUT2D eigenvalue weighted by atomic mass is 35.5. The third-order valence-electron chi connectivity index (χ3n) is 5.66. The summed E-state index contributed by atoms with van der Waals surface area (Å²) in [6, 6.07) is 15.1. The average Bonchev–Trinajstić information content (AvgIpc) is 2.80. The van der Waals surface area contributed by atoms with Gasteiger partial charge >= 0.3 is 5.69 Å². The summed E-state index contributed by atoms with van der Waals surface area (Å²) in [5.74, 6) is 1.18. The third-order valence-corrected chi connectivity index (χ3v) is 5.91. The van der Waals surface area contributed by atoms with Crippen molar-refractivity contribution in [2.24, 2.45) is 7.05 Å². The maximum Gasteiger partial charge on any atom is 0.331 e. The van der Waals surface area contributed by atoms with E-state index in [1.807, 2.05) is 54.3 Å². The van der Waals surface area contributed by atoms with Gasteiger partial charge in [0.2, 0.25) is 0 Å². The van der Waals surface area contributed by atoms with E-state index in [2.05, 4.69) is 0 Å². The Morgan fingerprint density at radius 3 is 2.58 bits per heavy atom. The van der Waals surface area contributed by atoms with E-state index in [0.717, 1.165) is 11.1 Å². The number of hydrogen-bond donors (Lipinski definition) is 1. The van der Waals surface area contributed by atoms with Gasteiger partial charge < -0.3 is 14.7 Å². The largest absolute Gasteiger partial charge is 0.441 e. The average molecular weight is 468 g/mol. The number of aromatic nitrogens is 2. The Bertz CT molecular complexity index is 1310. The SMILES string of the molecule is Cc1cccc(OC2=CCc3c(c(=O)n(CCCO)c(=O)n3C)N2Cc2ccc(Cl)cc2)c1. The van der Waals surface area contributed by atoms with Crippen molar-refractivity contribution < 1.29 is 9.84 Å². The minimum absolute atomic E-state index is 0.108. The number of hydrogen-bond acceptors (Lipinski definition) is 5. The lowest BCUT2D eigenvalue weighted by atomic mass is 10.1. The van der Waals surface area contributed by atoms with Crippen molar-refractivity contribution in [2.45, 2.75) is 32.9 Å². The number of fused-ring (bicyclic) bond motifs is 1. The molecule has 0 fully saturated rings. The number of rotatable bonds is 7. The lowest BCUT2D eigenvalue weighted by molar-refractivity contribution is 0.277. The van der Waals surface area contributed by atoms with Crippen molar-refractivity contribution in [3.63, 3.8) is 0 Å². The van der Waals surface area contributed by atoms with Crippen LogP contribution in [0.25, 0.3) is 0 Å². The van der Waals surface area contributed by atoms with Crippen LogP contribution in [0.4, 0.5) is 5.69 Å². The first-order chi connectivity index (χ1) is 15.9. The number of anilines is 1. The Hall–Kier alpha value is -3.29. The summed E-state index contributed by atoms with van der Waals surface area (Å²) in [6.45, 7) is 2.37. The molecule has 7 nitrogen and oxygen atoms in total. The first-order valence-corrected chi connectivity index (χ1v) is 11.2. The minimum atomic E-state index is -0.394. The molecule has 2 aromatic carbocycles. The number of ether oxygens (including phenoxy) is 1. The van der Waals surface area contributed by atoms with E-state index < -0.39 is 11.2 Å². The molecule has 0 aliphatic carbocycles. The van der Waals surface area contributed by atoms with Gasteiger partial charge in [0.25, 0.3) is 5.56 Å². The Kier molecular flexibility index (Phi) is 6.72. The summed E-state index contributed by atoms with van der Waals surface area (Å²) < 4.78 is 8.92. The fraction of sp³-hybridized carbons (Fsp3) is 0.280. The first kappa shape index (κ1) is 22.9. The molecule has 0 saturated carbocycles. The first-order valence-electron chi connectivity index (χ1n) is 10.8. The zero-order valence-electron chi connectivity index (χ0n) is 18.6. The number of aliphatic hydroxyl groups excluding tert-OH is 1. The molecule has 33 heavy (non-hydrogen) atoms. The van der Waals surface area contributed by atoms with Gasteiger partial charge in [-0.3, -0.25) is 13.9 Å². The Morgan fingerprint density at radius 1 is 1.12 bits per heavy atom. The number of aryl methyl sites for hydroxylation is 1. The number of aliphatic hydroxyl groups is 1. The standard InChI is InChI=1S/C25H26ClN3O4/c1-17-5-3-6-20(15-17)33-22-12-11-21-23(29(22)16-18-7-9-19(26)10-8-18)24(31)28(13-4-14-30)25(32)27(21)2/h3,5-10,12,15,30H,4,11,13-14,16H2,1-2H3. The maximum atomic E-state index is 13.5. The highest BCUT2D eigenvalue weighted by molar-refractivity contribution is 6.30. The topological polar surface area (TPSA) is 76.7 Å². The van der Waals surface area contributed by atoms with Crippen LogP contribution in [0.3, 0.4) is 0 Å². The van der Waals surface area contributed by atoms with Crippen molar-refractivity contribution in [1.29, 1.82) is 0 Å². The van der Waals surface area contributed by atoms with Crippen LogP contribution >= 0.6 is 11.6 Å². The van der Waals surface area contributed by atoms with Crippen LogP contribution in [-0.4, -0.2) is 20.8 Å². The molecule has 0 spiro atoms. The van der Waals surface area contributed by atoms with Gasteiger partial charge in [0.05, 0.1) is 12.2 Å². The minimum Gasteiger partial charge on any atom is -0.441 e.